The van der Waals surface area contributed by atoms with Gasteiger partial charge in [0, 0.05) is 6.42 Å². The van der Waals surface area contributed by atoms with Crippen molar-refractivity contribution >= 4 is 11.4 Å². The van der Waals surface area contributed by atoms with Crippen molar-refractivity contribution in [1.29, 1.82) is 0 Å². The predicted octanol–water partition coefficient (Wildman–Crippen LogP) is 5.86. The lowest BCUT2D eigenvalue weighted by Gasteiger charge is -2.24. The van der Waals surface area contributed by atoms with Crippen molar-refractivity contribution in [3.63, 3.8) is 0 Å². The molecule has 4 rings (SSSR count). The summed E-state index contributed by atoms with van der Waals surface area (Å²) in [6.45, 7) is 1.98. The molecule has 1 aliphatic heterocycles. The van der Waals surface area contributed by atoms with Crippen LogP contribution in [0.2, 0.25) is 0 Å². The van der Waals surface area contributed by atoms with Crippen molar-refractivity contribution in [2.45, 2.75) is 32.2 Å². The Bertz CT molecular complexity index is 1040. The standard InChI is InChI=1S/C24H21F3N2O/c1-16-2-12-21(13-3-16)29-23(19-6-4-17(15-30)5-7-19)14-22(28-29)18-8-10-20(11-9-18)24(25,26)27/h2-13,23,30H,14-15H2,1H3. The van der Waals surface area contributed by atoms with E-state index in [2.05, 4.69) is 0 Å². The maximum atomic E-state index is 12.9. The summed E-state index contributed by atoms with van der Waals surface area (Å²) in [5.74, 6) is 0. The molecule has 1 unspecified atom stereocenters. The van der Waals surface area contributed by atoms with Gasteiger partial charge in [0.1, 0.15) is 0 Å². The van der Waals surface area contributed by atoms with E-state index in [4.69, 9.17) is 5.10 Å². The first-order valence-corrected chi connectivity index (χ1v) is 9.66. The molecule has 3 nitrogen and oxygen atoms in total. The number of alkyl halides is 3. The molecule has 154 valence electrons. The van der Waals surface area contributed by atoms with Gasteiger partial charge in [-0.1, -0.05) is 54.1 Å². The van der Waals surface area contributed by atoms with Crippen LogP contribution in [0.15, 0.2) is 77.9 Å². The molecule has 0 aliphatic carbocycles. The fourth-order valence-electron chi connectivity index (χ4n) is 3.58. The number of aliphatic hydroxyl groups is 1. The zero-order chi connectivity index (χ0) is 21.3. The molecule has 1 aliphatic rings. The van der Waals surface area contributed by atoms with Gasteiger partial charge in [-0.25, -0.2) is 0 Å². The van der Waals surface area contributed by atoms with E-state index >= 15 is 0 Å². The van der Waals surface area contributed by atoms with Gasteiger partial charge < -0.3 is 5.11 Å². The Hall–Kier alpha value is -3.12. The Morgan fingerprint density at radius 1 is 0.933 bits per heavy atom. The maximum absolute atomic E-state index is 12.9. The summed E-state index contributed by atoms with van der Waals surface area (Å²) in [7, 11) is 0. The zero-order valence-electron chi connectivity index (χ0n) is 16.4. The molecule has 0 amide bonds. The Morgan fingerprint density at radius 2 is 1.57 bits per heavy atom. The van der Waals surface area contributed by atoms with Gasteiger partial charge in [-0.15, -0.1) is 0 Å². The van der Waals surface area contributed by atoms with E-state index in [1.165, 1.54) is 12.1 Å². The van der Waals surface area contributed by atoms with E-state index in [0.29, 0.717) is 12.0 Å². The fraction of sp³-hybridized carbons (Fsp3) is 0.208. The second-order valence-electron chi connectivity index (χ2n) is 7.42. The summed E-state index contributed by atoms with van der Waals surface area (Å²) in [4.78, 5) is 0. The van der Waals surface area contributed by atoms with Gasteiger partial charge in [0.2, 0.25) is 0 Å². The highest BCUT2D eigenvalue weighted by atomic mass is 19.4. The Kier molecular flexibility index (Phi) is 5.35. The molecule has 0 saturated heterocycles. The molecule has 1 atom stereocenters. The number of halogens is 3. The van der Waals surface area contributed by atoms with Gasteiger partial charge in [-0.05, 0) is 47.9 Å². The minimum Gasteiger partial charge on any atom is -0.392 e. The molecule has 1 heterocycles. The highest BCUT2D eigenvalue weighted by Crippen LogP contribution is 2.37. The molecule has 0 saturated carbocycles. The largest absolute Gasteiger partial charge is 0.416 e. The number of aryl methyl sites for hydroxylation is 1. The van der Waals surface area contributed by atoms with Crippen molar-refractivity contribution < 1.29 is 18.3 Å². The topological polar surface area (TPSA) is 35.8 Å². The molecule has 3 aromatic carbocycles. The summed E-state index contributed by atoms with van der Waals surface area (Å²) < 4.78 is 38.7. The van der Waals surface area contributed by atoms with Gasteiger partial charge in [0.15, 0.2) is 0 Å². The molecule has 0 fully saturated rings. The lowest BCUT2D eigenvalue weighted by Crippen LogP contribution is -2.18. The SMILES string of the molecule is Cc1ccc(N2N=C(c3ccc(C(F)(F)F)cc3)CC2c2ccc(CO)cc2)cc1. The Labute approximate surface area is 173 Å². The van der Waals surface area contributed by atoms with E-state index in [0.717, 1.165) is 40.2 Å². The van der Waals surface area contributed by atoms with Crippen molar-refractivity contribution in [1.82, 2.24) is 0 Å². The molecule has 3 aromatic rings. The molecule has 1 N–H and O–H groups in total. The van der Waals surface area contributed by atoms with Crippen LogP contribution in [0.5, 0.6) is 0 Å². The number of hydrazone groups is 1. The van der Waals surface area contributed by atoms with Crippen LogP contribution >= 0.6 is 0 Å². The summed E-state index contributed by atoms with van der Waals surface area (Å²) in [6, 6.07) is 20.7. The van der Waals surface area contributed by atoms with Crippen LogP contribution in [0.1, 0.15) is 40.3 Å². The van der Waals surface area contributed by atoms with Crippen LogP contribution in [0, 0.1) is 6.92 Å². The molecule has 0 radical (unpaired) electrons. The highest BCUT2D eigenvalue weighted by Gasteiger charge is 2.32. The van der Waals surface area contributed by atoms with E-state index in [9.17, 15) is 18.3 Å². The first-order chi connectivity index (χ1) is 14.3. The van der Waals surface area contributed by atoms with Gasteiger partial charge in [0.25, 0.3) is 0 Å². The predicted molar refractivity (Wildman–Crippen MR) is 111 cm³/mol. The number of hydrogen-bond donors (Lipinski definition) is 1. The van der Waals surface area contributed by atoms with Crippen LogP contribution in [-0.2, 0) is 12.8 Å². The van der Waals surface area contributed by atoms with Crippen molar-refractivity contribution in [2.24, 2.45) is 5.10 Å². The molecule has 30 heavy (non-hydrogen) atoms. The fourth-order valence-corrected chi connectivity index (χ4v) is 3.58. The Morgan fingerprint density at radius 3 is 2.13 bits per heavy atom. The quantitative estimate of drug-likeness (QED) is 0.585. The first-order valence-electron chi connectivity index (χ1n) is 9.66. The van der Waals surface area contributed by atoms with Crippen molar-refractivity contribution in [3.8, 4) is 0 Å². The highest BCUT2D eigenvalue weighted by molar-refractivity contribution is 6.03. The summed E-state index contributed by atoms with van der Waals surface area (Å²) in [5.41, 5.74) is 4.64. The van der Waals surface area contributed by atoms with Gasteiger partial charge in [0.05, 0.1) is 29.6 Å². The molecule has 0 aromatic heterocycles. The van der Waals surface area contributed by atoms with E-state index in [-0.39, 0.29) is 12.6 Å². The number of rotatable bonds is 4. The third-order valence-electron chi connectivity index (χ3n) is 5.30. The van der Waals surface area contributed by atoms with Crippen LogP contribution in [0.25, 0.3) is 0 Å². The lowest BCUT2D eigenvalue weighted by molar-refractivity contribution is -0.137. The van der Waals surface area contributed by atoms with Gasteiger partial charge >= 0.3 is 6.18 Å². The van der Waals surface area contributed by atoms with Gasteiger partial charge in [-0.3, -0.25) is 5.01 Å². The van der Waals surface area contributed by atoms with Crippen LogP contribution in [-0.4, -0.2) is 10.8 Å². The van der Waals surface area contributed by atoms with Crippen LogP contribution in [0.3, 0.4) is 0 Å². The molecule has 6 heteroatoms. The number of benzene rings is 3. The number of anilines is 1. The molecular formula is C24H21F3N2O. The lowest BCUT2D eigenvalue weighted by atomic mass is 9.97. The zero-order valence-corrected chi connectivity index (χ0v) is 16.4. The first kappa shape index (κ1) is 20.2. The smallest absolute Gasteiger partial charge is 0.392 e. The van der Waals surface area contributed by atoms with Gasteiger partial charge in [-0.2, -0.15) is 18.3 Å². The average molecular weight is 410 g/mol. The van der Waals surface area contributed by atoms with E-state index in [1.807, 2.05) is 60.5 Å². The summed E-state index contributed by atoms with van der Waals surface area (Å²) >= 11 is 0. The van der Waals surface area contributed by atoms with Crippen LogP contribution in [0.4, 0.5) is 18.9 Å². The monoisotopic (exact) mass is 410 g/mol. The maximum Gasteiger partial charge on any atom is 0.416 e. The third-order valence-corrected chi connectivity index (χ3v) is 5.30. The normalized spacial score (nSPS) is 16.6. The summed E-state index contributed by atoms with van der Waals surface area (Å²) in [5, 5.41) is 16.0. The number of hydrogen-bond acceptors (Lipinski definition) is 3. The second kappa shape index (κ2) is 7.95. The Balaban J connectivity index is 1.69. The minimum absolute atomic E-state index is 0.0279. The van der Waals surface area contributed by atoms with E-state index < -0.39 is 11.7 Å². The number of nitrogens with zero attached hydrogens (tertiary/aromatic N) is 2. The van der Waals surface area contributed by atoms with Crippen molar-refractivity contribution in [3.05, 3.63) is 101 Å². The third kappa shape index (κ3) is 4.09. The van der Waals surface area contributed by atoms with Crippen LogP contribution < -0.4 is 5.01 Å². The summed E-state index contributed by atoms with van der Waals surface area (Å²) in [6.07, 6.45) is -3.79. The number of aliphatic hydroxyl groups excluding tert-OH is 1. The molecule has 0 bridgehead atoms. The minimum atomic E-state index is -4.36. The average Bonchev–Trinajstić information content (AvgIpc) is 3.19. The molecule has 0 spiro atoms. The molecular weight excluding hydrogens is 389 g/mol. The second-order valence-corrected chi connectivity index (χ2v) is 7.42. The van der Waals surface area contributed by atoms with Crippen molar-refractivity contribution in [2.75, 3.05) is 5.01 Å². The van der Waals surface area contributed by atoms with E-state index in [1.54, 1.807) is 0 Å².